The van der Waals surface area contributed by atoms with Crippen LogP contribution in [-0.2, 0) is 4.79 Å². The third-order valence-corrected chi connectivity index (χ3v) is 3.17. The fraction of sp³-hybridized carbons (Fsp3) is 0.400. The van der Waals surface area contributed by atoms with Gasteiger partial charge in [0.25, 0.3) is 5.91 Å². The van der Waals surface area contributed by atoms with Crippen molar-refractivity contribution in [3.63, 3.8) is 0 Å². The van der Waals surface area contributed by atoms with E-state index in [2.05, 4.69) is 6.92 Å². The molecule has 0 fully saturated rings. The number of hydrogen-bond acceptors (Lipinski definition) is 1. The van der Waals surface area contributed by atoms with Gasteiger partial charge in [0.2, 0.25) is 0 Å². The number of rotatable bonds is 5. The van der Waals surface area contributed by atoms with Crippen LogP contribution >= 0.6 is 0 Å². The van der Waals surface area contributed by atoms with Crippen LogP contribution in [0.1, 0.15) is 32.6 Å². The fourth-order valence-corrected chi connectivity index (χ4v) is 2.26. The normalized spacial score (nSPS) is 19.0. The molecular weight excluding hydrogens is 210 g/mol. The number of carbonyl (C=O) groups excluding carboxylic acids is 1. The number of unbranched alkanes of at least 4 members (excludes halogenated alkanes) is 2. The SMILES string of the molecule is CCCCCC1C=CC(=O)N1c1ccccc1. The van der Waals surface area contributed by atoms with Crippen molar-refractivity contribution >= 4 is 11.6 Å². The minimum Gasteiger partial charge on any atom is -0.302 e. The maximum atomic E-state index is 11.9. The Bertz CT molecular complexity index is 397. The van der Waals surface area contributed by atoms with Gasteiger partial charge in [-0.3, -0.25) is 4.79 Å². The minimum atomic E-state index is 0.109. The Labute approximate surface area is 103 Å². The second kappa shape index (κ2) is 5.67. The van der Waals surface area contributed by atoms with Crippen LogP contribution in [0.25, 0.3) is 0 Å². The van der Waals surface area contributed by atoms with Gasteiger partial charge in [0.15, 0.2) is 0 Å². The highest BCUT2D eigenvalue weighted by Crippen LogP contribution is 2.25. The molecule has 1 aromatic carbocycles. The molecule has 2 heteroatoms. The van der Waals surface area contributed by atoms with Crippen molar-refractivity contribution in [1.29, 1.82) is 0 Å². The van der Waals surface area contributed by atoms with Gasteiger partial charge >= 0.3 is 0 Å². The third kappa shape index (κ3) is 2.76. The quantitative estimate of drug-likeness (QED) is 0.707. The van der Waals surface area contributed by atoms with E-state index in [1.807, 2.05) is 41.3 Å². The molecular formula is C15H19NO. The van der Waals surface area contributed by atoms with Gasteiger partial charge in [-0.05, 0) is 18.6 Å². The lowest BCUT2D eigenvalue weighted by Crippen LogP contribution is -2.33. The van der Waals surface area contributed by atoms with Crippen LogP contribution < -0.4 is 4.90 Å². The lowest BCUT2D eigenvalue weighted by atomic mass is 10.1. The highest BCUT2D eigenvalue weighted by Gasteiger charge is 2.26. The van der Waals surface area contributed by atoms with Crippen molar-refractivity contribution in [2.24, 2.45) is 0 Å². The summed E-state index contributed by atoms with van der Waals surface area (Å²) in [6, 6.07) is 10.2. The van der Waals surface area contributed by atoms with E-state index in [0.29, 0.717) is 0 Å². The summed E-state index contributed by atoms with van der Waals surface area (Å²) < 4.78 is 0. The minimum absolute atomic E-state index is 0.109. The summed E-state index contributed by atoms with van der Waals surface area (Å²) in [6.07, 6.45) is 8.43. The van der Waals surface area contributed by atoms with Crippen molar-refractivity contribution in [1.82, 2.24) is 0 Å². The first-order chi connectivity index (χ1) is 8.33. The Hall–Kier alpha value is -1.57. The molecule has 1 aliphatic heterocycles. The zero-order valence-electron chi connectivity index (χ0n) is 10.3. The molecule has 1 amide bonds. The molecule has 0 saturated carbocycles. The predicted octanol–water partition coefficient (Wildman–Crippen LogP) is 3.54. The van der Waals surface area contributed by atoms with E-state index in [1.54, 1.807) is 6.08 Å². The van der Waals surface area contributed by atoms with Crippen LogP contribution in [0.15, 0.2) is 42.5 Å². The van der Waals surface area contributed by atoms with E-state index in [-0.39, 0.29) is 11.9 Å². The largest absolute Gasteiger partial charge is 0.302 e. The molecule has 0 aliphatic carbocycles. The number of anilines is 1. The van der Waals surface area contributed by atoms with Gasteiger partial charge in [0, 0.05) is 11.8 Å². The van der Waals surface area contributed by atoms with Gasteiger partial charge in [-0.15, -0.1) is 0 Å². The highest BCUT2D eigenvalue weighted by molar-refractivity contribution is 6.04. The molecule has 90 valence electrons. The number of nitrogens with zero attached hydrogens (tertiary/aromatic N) is 1. The number of amides is 1. The smallest absolute Gasteiger partial charge is 0.251 e. The summed E-state index contributed by atoms with van der Waals surface area (Å²) >= 11 is 0. The van der Waals surface area contributed by atoms with Gasteiger partial charge in [-0.1, -0.05) is 50.5 Å². The van der Waals surface area contributed by atoms with Crippen LogP contribution in [0.5, 0.6) is 0 Å². The molecule has 0 radical (unpaired) electrons. The number of hydrogen-bond donors (Lipinski definition) is 0. The van der Waals surface area contributed by atoms with Gasteiger partial charge in [0.05, 0.1) is 6.04 Å². The van der Waals surface area contributed by atoms with Gasteiger partial charge in [-0.25, -0.2) is 0 Å². The van der Waals surface area contributed by atoms with Crippen LogP contribution in [0.2, 0.25) is 0 Å². The molecule has 1 heterocycles. The van der Waals surface area contributed by atoms with Crippen molar-refractivity contribution in [3.05, 3.63) is 42.5 Å². The number of benzene rings is 1. The topological polar surface area (TPSA) is 20.3 Å². The zero-order chi connectivity index (χ0) is 12.1. The highest BCUT2D eigenvalue weighted by atomic mass is 16.2. The molecule has 0 spiro atoms. The molecule has 0 N–H and O–H groups in total. The average molecular weight is 229 g/mol. The first-order valence-electron chi connectivity index (χ1n) is 6.39. The molecule has 0 saturated heterocycles. The van der Waals surface area contributed by atoms with Gasteiger partial charge in [-0.2, -0.15) is 0 Å². The second-order valence-corrected chi connectivity index (χ2v) is 4.47. The van der Waals surface area contributed by atoms with E-state index in [4.69, 9.17) is 0 Å². The van der Waals surface area contributed by atoms with E-state index in [9.17, 15) is 4.79 Å². The molecule has 2 nitrogen and oxygen atoms in total. The molecule has 0 aromatic heterocycles. The molecule has 2 rings (SSSR count). The summed E-state index contributed by atoms with van der Waals surface area (Å²) in [4.78, 5) is 13.8. The maximum Gasteiger partial charge on any atom is 0.251 e. The lowest BCUT2D eigenvalue weighted by molar-refractivity contribution is -0.113. The molecule has 1 atom stereocenters. The van der Waals surface area contributed by atoms with Crippen molar-refractivity contribution in [3.8, 4) is 0 Å². The lowest BCUT2D eigenvalue weighted by Gasteiger charge is -2.24. The Morgan fingerprint density at radius 2 is 1.94 bits per heavy atom. The monoisotopic (exact) mass is 229 g/mol. The zero-order valence-corrected chi connectivity index (χ0v) is 10.3. The Morgan fingerprint density at radius 3 is 2.65 bits per heavy atom. The second-order valence-electron chi connectivity index (χ2n) is 4.47. The number of carbonyl (C=O) groups is 1. The van der Waals surface area contributed by atoms with Crippen molar-refractivity contribution < 1.29 is 4.79 Å². The van der Waals surface area contributed by atoms with Crippen LogP contribution in [0.4, 0.5) is 5.69 Å². The fourth-order valence-electron chi connectivity index (χ4n) is 2.26. The van der Waals surface area contributed by atoms with E-state index in [1.165, 1.54) is 19.3 Å². The Kier molecular flexibility index (Phi) is 3.97. The summed E-state index contributed by atoms with van der Waals surface area (Å²) in [6.45, 7) is 2.20. The Balaban J connectivity index is 2.06. The standard InChI is InChI=1S/C15H19NO/c1-2-3-5-8-14-11-12-15(17)16(14)13-9-6-4-7-10-13/h4,6-7,9-12,14H,2-3,5,8H2,1H3. The van der Waals surface area contributed by atoms with Crippen LogP contribution in [-0.4, -0.2) is 11.9 Å². The first-order valence-corrected chi connectivity index (χ1v) is 6.39. The van der Waals surface area contributed by atoms with E-state index < -0.39 is 0 Å². The average Bonchev–Trinajstić information content (AvgIpc) is 2.72. The van der Waals surface area contributed by atoms with Gasteiger partial charge in [0.1, 0.15) is 0 Å². The third-order valence-electron chi connectivity index (χ3n) is 3.17. The molecule has 1 aromatic rings. The summed E-state index contributed by atoms with van der Waals surface area (Å²) in [7, 11) is 0. The molecule has 0 bridgehead atoms. The summed E-state index contributed by atoms with van der Waals surface area (Å²) in [5.41, 5.74) is 1.00. The van der Waals surface area contributed by atoms with Crippen LogP contribution in [0.3, 0.4) is 0 Å². The van der Waals surface area contributed by atoms with Crippen molar-refractivity contribution in [2.75, 3.05) is 4.90 Å². The van der Waals surface area contributed by atoms with Gasteiger partial charge < -0.3 is 4.90 Å². The molecule has 1 aliphatic rings. The summed E-state index contributed by atoms with van der Waals surface area (Å²) in [5, 5.41) is 0. The van der Waals surface area contributed by atoms with E-state index >= 15 is 0 Å². The molecule has 17 heavy (non-hydrogen) atoms. The predicted molar refractivity (Wildman–Crippen MR) is 71.0 cm³/mol. The summed E-state index contributed by atoms with van der Waals surface area (Å²) in [5.74, 6) is 0.109. The number of para-hydroxylation sites is 1. The van der Waals surface area contributed by atoms with Crippen molar-refractivity contribution in [2.45, 2.75) is 38.6 Å². The van der Waals surface area contributed by atoms with E-state index in [0.717, 1.165) is 12.1 Å². The molecule has 1 unspecified atom stereocenters. The maximum absolute atomic E-state index is 11.9. The Morgan fingerprint density at radius 1 is 1.18 bits per heavy atom. The first kappa shape index (κ1) is 11.9. The van der Waals surface area contributed by atoms with Crippen LogP contribution in [0, 0.1) is 0 Å².